The van der Waals surface area contributed by atoms with Crippen molar-refractivity contribution >= 4 is 27.4 Å². The van der Waals surface area contributed by atoms with Gasteiger partial charge in [-0.2, -0.15) is 0 Å². The summed E-state index contributed by atoms with van der Waals surface area (Å²) in [7, 11) is 0. The minimum atomic E-state index is 0.995. The highest BCUT2D eigenvalue weighted by Crippen LogP contribution is 2.34. The lowest BCUT2D eigenvalue weighted by molar-refractivity contribution is 1.04. The van der Waals surface area contributed by atoms with E-state index < -0.39 is 0 Å². The number of nitrogens with zero attached hydrogens (tertiary/aromatic N) is 2. The van der Waals surface area contributed by atoms with Crippen molar-refractivity contribution in [2.75, 3.05) is 0 Å². The fourth-order valence-corrected chi connectivity index (χ4v) is 4.55. The van der Waals surface area contributed by atoms with Crippen LogP contribution in [0.3, 0.4) is 0 Å². The van der Waals surface area contributed by atoms with Crippen molar-refractivity contribution in [1.82, 2.24) is 9.55 Å². The van der Waals surface area contributed by atoms with Crippen LogP contribution in [0.15, 0.2) is 109 Å². The molecule has 0 bridgehead atoms. The van der Waals surface area contributed by atoms with Gasteiger partial charge in [0.25, 0.3) is 0 Å². The van der Waals surface area contributed by atoms with Gasteiger partial charge in [-0.3, -0.25) is 0 Å². The number of para-hydroxylation sites is 2. The first-order chi connectivity index (χ1) is 15.4. The Morgan fingerprint density at radius 3 is 1.97 bits per heavy atom. The second-order valence-electron chi connectivity index (χ2n) is 7.97. The molecule has 0 saturated carbocycles. The summed E-state index contributed by atoms with van der Waals surface area (Å²) in [5, 5.41) is 2.55. The molecule has 6 rings (SSSR count). The molecule has 5 aromatic rings. The summed E-state index contributed by atoms with van der Waals surface area (Å²) in [4.78, 5) is 5.06. The summed E-state index contributed by atoms with van der Waals surface area (Å²) in [5.41, 5.74) is 7.92. The van der Waals surface area contributed by atoms with E-state index in [2.05, 4.69) is 108 Å². The molecule has 0 N–H and O–H groups in total. The molecule has 1 aliphatic carbocycles. The summed E-state index contributed by atoms with van der Waals surface area (Å²) >= 11 is 0. The first-order valence-electron chi connectivity index (χ1n) is 10.8. The Kier molecular flexibility index (Phi) is 4.28. The molecule has 3 aromatic carbocycles. The summed E-state index contributed by atoms with van der Waals surface area (Å²) in [5.74, 6) is 0. The zero-order valence-electron chi connectivity index (χ0n) is 17.2. The number of benzene rings is 3. The number of hydrogen-bond acceptors (Lipinski definition) is 1. The molecular weight excluding hydrogens is 376 g/mol. The molecule has 0 spiro atoms. The van der Waals surface area contributed by atoms with E-state index in [1.54, 1.807) is 0 Å². The fourth-order valence-electron chi connectivity index (χ4n) is 4.55. The molecule has 2 nitrogen and oxygen atoms in total. The van der Waals surface area contributed by atoms with Gasteiger partial charge in [-0.05, 0) is 42.7 Å². The van der Waals surface area contributed by atoms with Crippen LogP contribution in [0.4, 0.5) is 0 Å². The van der Waals surface area contributed by atoms with Crippen LogP contribution in [0.5, 0.6) is 0 Å². The van der Waals surface area contributed by atoms with Crippen molar-refractivity contribution < 1.29 is 0 Å². The Morgan fingerprint density at radius 2 is 1.29 bits per heavy atom. The molecule has 0 saturated heterocycles. The molecule has 0 radical (unpaired) electrons. The predicted octanol–water partition coefficient (Wildman–Crippen LogP) is 7.58. The molecule has 2 aromatic heterocycles. The Hall–Kier alpha value is -3.91. The molecule has 1 aliphatic rings. The number of allylic oxidation sites excluding steroid dienone is 4. The lowest BCUT2D eigenvalue weighted by Gasteiger charge is -2.14. The molecule has 31 heavy (non-hydrogen) atoms. The lowest BCUT2D eigenvalue weighted by atomic mass is 10.0. The Morgan fingerprint density at radius 1 is 0.645 bits per heavy atom. The van der Waals surface area contributed by atoms with E-state index in [0.717, 1.165) is 35.5 Å². The first kappa shape index (κ1) is 17.9. The maximum atomic E-state index is 5.06. The van der Waals surface area contributed by atoms with Gasteiger partial charge in [-0.1, -0.05) is 85.0 Å². The molecule has 0 fully saturated rings. The van der Waals surface area contributed by atoms with Crippen LogP contribution in [-0.4, -0.2) is 9.55 Å². The van der Waals surface area contributed by atoms with E-state index in [0.29, 0.717) is 0 Å². The summed E-state index contributed by atoms with van der Waals surface area (Å²) in [6.45, 7) is 0. The molecule has 148 valence electrons. The zero-order valence-corrected chi connectivity index (χ0v) is 17.2. The monoisotopic (exact) mass is 398 g/mol. The van der Waals surface area contributed by atoms with E-state index in [1.165, 1.54) is 27.4 Å². The van der Waals surface area contributed by atoms with Crippen LogP contribution in [0.25, 0.3) is 44.3 Å². The number of fused-ring (bicyclic) bond motifs is 3. The molecule has 0 amide bonds. The van der Waals surface area contributed by atoms with E-state index in [9.17, 15) is 0 Å². The van der Waals surface area contributed by atoms with E-state index in [1.807, 2.05) is 6.07 Å². The second kappa shape index (κ2) is 7.41. The van der Waals surface area contributed by atoms with Gasteiger partial charge in [-0.25, -0.2) is 4.98 Å². The van der Waals surface area contributed by atoms with Crippen molar-refractivity contribution in [3.8, 4) is 16.9 Å². The van der Waals surface area contributed by atoms with Crippen molar-refractivity contribution in [2.45, 2.75) is 12.8 Å². The van der Waals surface area contributed by atoms with Gasteiger partial charge >= 0.3 is 0 Å². The van der Waals surface area contributed by atoms with Gasteiger partial charge in [0.1, 0.15) is 0 Å². The predicted molar refractivity (Wildman–Crippen MR) is 130 cm³/mol. The molecule has 2 heteroatoms. The number of aromatic nitrogens is 2. The van der Waals surface area contributed by atoms with Crippen LogP contribution >= 0.6 is 0 Å². The topological polar surface area (TPSA) is 17.8 Å². The quantitative estimate of drug-likeness (QED) is 0.306. The minimum Gasteiger partial charge on any atom is -0.309 e. The van der Waals surface area contributed by atoms with Gasteiger partial charge in [0.2, 0.25) is 0 Å². The van der Waals surface area contributed by atoms with Crippen LogP contribution in [0.1, 0.15) is 18.5 Å². The van der Waals surface area contributed by atoms with Gasteiger partial charge in [0.05, 0.1) is 28.1 Å². The van der Waals surface area contributed by atoms with Gasteiger partial charge in [0, 0.05) is 16.3 Å². The standard InChI is InChI=1S/C29H22N2/c1-3-11-21(12-4-1)26-19-23(20-27(30-26)22-13-5-2-6-14-22)31-28-17-9-7-15-24(28)25-16-8-10-18-29(25)31/h1,3-5,7-20H,2,6H2. The third kappa shape index (κ3) is 3.08. The van der Waals surface area contributed by atoms with Crippen LogP contribution in [0, 0.1) is 0 Å². The largest absolute Gasteiger partial charge is 0.309 e. The number of rotatable bonds is 3. The summed E-state index contributed by atoms with van der Waals surface area (Å²) in [6, 6.07) is 32.2. The smallest absolute Gasteiger partial charge is 0.0730 e. The zero-order chi connectivity index (χ0) is 20.6. The maximum Gasteiger partial charge on any atom is 0.0730 e. The number of pyridine rings is 1. The molecule has 2 heterocycles. The molecule has 0 unspecified atom stereocenters. The Labute approximate surface area is 181 Å². The minimum absolute atomic E-state index is 0.995. The van der Waals surface area contributed by atoms with Crippen molar-refractivity contribution in [2.24, 2.45) is 0 Å². The summed E-state index contributed by atoms with van der Waals surface area (Å²) in [6.07, 6.45) is 8.91. The van der Waals surface area contributed by atoms with E-state index >= 15 is 0 Å². The maximum absolute atomic E-state index is 5.06. The SMILES string of the molecule is C1=CC(c2cc(-n3c4ccccc4c4ccccc43)cc(-c3ccccc3)n2)=CCC1. The molecular formula is C29H22N2. The summed E-state index contributed by atoms with van der Waals surface area (Å²) < 4.78 is 2.37. The molecule has 0 atom stereocenters. The van der Waals surface area contributed by atoms with Gasteiger partial charge in [-0.15, -0.1) is 0 Å². The van der Waals surface area contributed by atoms with Gasteiger partial charge in [0.15, 0.2) is 0 Å². The van der Waals surface area contributed by atoms with Crippen LogP contribution in [0.2, 0.25) is 0 Å². The molecule has 0 aliphatic heterocycles. The highest BCUT2D eigenvalue weighted by atomic mass is 15.0. The second-order valence-corrected chi connectivity index (χ2v) is 7.97. The first-order valence-corrected chi connectivity index (χ1v) is 10.8. The van der Waals surface area contributed by atoms with E-state index in [-0.39, 0.29) is 0 Å². The lowest BCUT2D eigenvalue weighted by Crippen LogP contribution is -2.00. The van der Waals surface area contributed by atoms with Gasteiger partial charge < -0.3 is 4.57 Å². The van der Waals surface area contributed by atoms with Crippen molar-refractivity contribution in [3.63, 3.8) is 0 Å². The number of hydrogen-bond donors (Lipinski definition) is 0. The Bertz CT molecular complexity index is 1420. The van der Waals surface area contributed by atoms with E-state index in [4.69, 9.17) is 4.98 Å². The Balaban J connectivity index is 1.67. The van der Waals surface area contributed by atoms with Crippen LogP contribution < -0.4 is 0 Å². The highest BCUT2D eigenvalue weighted by molar-refractivity contribution is 6.09. The average Bonchev–Trinajstić information content (AvgIpc) is 3.19. The third-order valence-corrected chi connectivity index (χ3v) is 6.01. The van der Waals surface area contributed by atoms with Crippen molar-refractivity contribution in [1.29, 1.82) is 0 Å². The third-order valence-electron chi connectivity index (χ3n) is 6.01. The highest BCUT2D eigenvalue weighted by Gasteiger charge is 2.15. The average molecular weight is 399 g/mol. The fraction of sp³-hybridized carbons (Fsp3) is 0.0690. The van der Waals surface area contributed by atoms with Crippen molar-refractivity contribution in [3.05, 3.63) is 115 Å². The normalized spacial score (nSPS) is 13.6. The van der Waals surface area contributed by atoms with Crippen LogP contribution in [-0.2, 0) is 0 Å².